The van der Waals surface area contributed by atoms with Crippen LogP contribution in [0.5, 0.6) is 23.0 Å². The molecule has 2 aromatic rings. The smallest absolute Gasteiger partial charge is 0.337 e. The number of nitrogens with one attached hydrogen (secondary N) is 1. The normalized spacial score (nSPS) is 20.6. The third-order valence-corrected chi connectivity index (χ3v) is 8.53. The molecule has 1 aliphatic heterocycles. The molecule has 0 saturated heterocycles. The van der Waals surface area contributed by atoms with E-state index in [1.165, 1.54) is 14.0 Å². The average Bonchev–Trinajstić information content (AvgIpc) is 3.00. The zero-order valence-corrected chi connectivity index (χ0v) is 25.4. The van der Waals surface area contributed by atoms with E-state index in [9.17, 15) is 14.4 Å². The molecule has 9 nitrogen and oxygen atoms in total. The first-order valence-corrected chi connectivity index (χ1v) is 14.8. The maximum absolute atomic E-state index is 14.1. The second-order valence-electron chi connectivity index (χ2n) is 11.3. The van der Waals surface area contributed by atoms with Crippen LogP contribution in [0.3, 0.4) is 0 Å². The van der Waals surface area contributed by atoms with E-state index in [0.29, 0.717) is 46.1 Å². The highest BCUT2D eigenvalue weighted by molar-refractivity contribution is 6.04. The molecule has 1 N–H and O–H groups in total. The van der Waals surface area contributed by atoms with Gasteiger partial charge in [-0.2, -0.15) is 0 Å². The summed E-state index contributed by atoms with van der Waals surface area (Å²) in [7, 11) is 4.66. The van der Waals surface area contributed by atoms with Crippen molar-refractivity contribution in [1.82, 2.24) is 5.32 Å². The number of dihydropyridines is 1. The molecule has 0 bridgehead atoms. The van der Waals surface area contributed by atoms with Gasteiger partial charge in [-0.3, -0.25) is 9.59 Å². The molecule has 1 saturated carbocycles. The number of ketones is 1. The highest BCUT2D eigenvalue weighted by atomic mass is 16.6. The lowest BCUT2D eigenvalue weighted by Crippen LogP contribution is -2.37. The van der Waals surface area contributed by atoms with Crippen molar-refractivity contribution in [3.63, 3.8) is 0 Å². The van der Waals surface area contributed by atoms with Crippen LogP contribution in [0.25, 0.3) is 0 Å². The molecule has 43 heavy (non-hydrogen) atoms. The maximum atomic E-state index is 14.1. The van der Waals surface area contributed by atoms with E-state index >= 15 is 0 Å². The molecule has 1 fully saturated rings. The van der Waals surface area contributed by atoms with Gasteiger partial charge in [-0.25, -0.2) is 4.79 Å². The fraction of sp³-hybridized carbons (Fsp3) is 0.441. The first-order chi connectivity index (χ1) is 20.7. The summed E-state index contributed by atoms with van der Waals surface area (Å²) in [6.45, 7) is 3.17. The highest BCUT2D eigenvalue weighted by Gasteiger charge is 2.42. The number of rotatable bonds is 8. The third kappa shape index (κ3) is 6.26. The van der Waals surface area contributed by atoms with E-state index in [4.69, 9.17) is 23.7 Å². The fourth-order valence-electron chi connectivity index (χ4n) is 6.49. The number of carbonyl (C=O) groups is 3. The van der Waals surface area contributed by atoms with Crippen molar-refractivity contribution in [2.24, 2.45) is 0 Å². The highest BCUT2D eigenvalue weighted by Crippen LogP contribution is 2.48. The van der Waals surface area contributed by atoms with Gasteiger partial charge in [0.15, 0.2) is 28.8 Å². The summed E-state index contributed by atoms with van der Waals surface area (Å²) < 4.78 is 27.8. The lowest BCUT2D eigenvalue weighted by atomic mass is 9.71. The van der Waals surface area contributed by atoms with Crippen LogP contribution in [0, 0.1) is 0 Å². The van der Waals surface area contributed by atoms with Crippen LogP contribution in [0.15, 0.2) is 58.9 Å². The van der Waals surface area contributed by atoms with E-state index in [2.05, 4.69) is 5.32 Å². The van der Waals surface area contributed by atoms with Gasteiger partial charge >= 0.3 is 11.9 Å². The summed E-state index contributed by atoms with van der Waals surface area (Å²) in [6.07, 6.45) is 5.55. The summed E-state index contributed by atoms with van der Waals surface area (Å²) in [5, 5.41) is 3.41. The van der Waals surface area contributed by atoms with E-state index in [1.807, 2.05) is 25.1 Å². The van der Waals surface area contributed by atoms with E-state index < -0.39 is 17.9 Å². The Morgan fingerprint density at radius 3 is 2.12 bits per heavy atom. The second kappa shape index (κ2) is 12.9. The molecular formula is C34H39NO8. The Hall–Kier alpha value is -4.27. The van der Waals surface area contributed by atoms with Crippen LogP contribution in [-0.2, 0) is 19.1 Å². The standard InChI is InChI=1S/C34H39NO8/c1-19-31(34(38)43-24-9-7-6-8-10-24)32(22-12-14-28(42-20(2)36)30(18-22)41-5)33-25(35-19)15-23(16-26(33)37)21-11-13-27(39-3)29(17-21)40-4/h11-14,17-18,23-24,32,35H,6-10,15-16H2,1-5H3/t23-,32+/m1/s1. The third-order valence-electron chi connectivity index (χ3n) is 8.53. The van der Waals surface area contributed by atoms with Gasteiger partial charge in [0, 0.05) is 36.2 Å². The van der Waals surface area contributed by atoms with Gasteiger partial charge in [-0.15, -0.1) is 0 Å². The van der Waals surface area contributed by atoms with Crippen molar-refractivity contribution < 1.29 is 38.1 Å². The van der Waals surface area contributed by atoms with Crippen molar-refractivity contribution in [2.75, 3.05) is 21.3 Å². The first kappa shape index (κ1) is 30.2. The number of hydrogen-bond acceptors (Lipinski definition) is 9. The fourth-order valence-corrected chi connectivity index (χ4v) is 6.49. The minimum absolute atomic E-state index is 0.0583. The molecule has 3 aliphatic rings. The number of benzene rings is 2. The van der Waals surface area contributed by atoms with Gasteiger partial charge in [-0.1, -0.05) is 18.6 Å². The average molecular weight is 590 g/mol. The van der Waals surface area contributed by atoms with E-state index in [1.54, 1.807) is 32.4 Å². The molecule has 0 spiro atoms. The summed E-state index contributed by atoms with van der Waals surface area (Å²) in [5.74, 6) is 0.0862. The quantitative estimate of drug-likeness (QED) is 0.298. The molecule has 0 aromatic heterocycles. The molecule has 2 atom stereocenters. The van der Waals surface area contributed by atoms with Crippen LogP contribution in [0.1, 0.15) is 81.8 Å². The first-order valence-electron chi connectivity index (χ1n) is 14.8. The summed E-state index contributed by atoms with van der Waals surface area (Å²) >= 11 is 0. The molecule has 228 valence electrons. The number of methoxy groups -OCH3 is 3. The van der Waals surface area contributed by atoms with E-state index in [0.717, 1.165) is 43.4 Å². The van der Waals surface area contributed by atoms with Gasteiger partial charge in [0.1, 0.15) is 6.10 Å². The summed E-state index contributed by atoms with van der Waals surface area (Å²) in [5.41, 5.74) is 4.01. The van der Waals surface area contributed by atoms with Crippen molar-refractivity contribution in [3.8, 4) is 23.0 Å². The second-order valence-corrected chi connectivity index (χ2v) is 11.3. The molecule has 2 aromatic carbocycles. The minimum atomic E-state index is -0.675. The predicted molar refractivity (Wildman–Crippen MR) is 159 cm³/mol. The molecular weight excluding hydrogens is 550 g/mol. The van der Waals surface area contributed by atoms with Crippen LogP contribution in [0.2, 0.25) is 0 Å². The Morgan fingerprint density at radius 2 is 1.44 bits per heavy atom. The largest absolute Gasteiger partial charge is 0.493 e. The van der Waals surface area contributed by atoms with Crippen LogP contribution < -0.4 is 24.3 Å². The Bertz CT molecular complexity index is 1480. The number of hydrogen-bond donors (Lipinski definition) is 1. The summed E-state index contributed by atoms with van der Waals surface area (Å²) in [4.78, 5) is 39.6. The maximum Gasteiger partial charge on any atom is 0.337 e. The molecule has 0 radical (unpaired) electrons. The van der Waals surface area contributed by atoms with Crippen molar-refractivity contribution >= 4 is 17.7 Å². The lowest BCUT2D eigenvalue weighted by molar-refractivity contribution is -0.146. The Balaban J connectivity index is 1.56. The number of carbonyl (C=O) groups excluding carboxylic acids is 3. The van der Waals surface area contributed by atoms with Crippen LogP contribution in [-0.4, -0.2) is 45.2 Å². The SMILES string of the molecule is COc1ccc([C@H]2CC(=O)C3=C(C2)NC(C)=C(C(=O)OC2CCCCC2)[C@@H]3c2ccc(OC(C)=O)c(OC)c2)cc1OC. The number of ether oxygens (including phenoxy) is 5. The molecule has 5 rings (SSSR count). The van der Waals surface area contributed by atoms with E-state index in [-0.39, 0.29) is 30.0 Å². The Labute approximate surface area is 252 Å². The molecule has 1 heterocycles. The molecule has 2 aliphatic carbocycles. The van der Waals surface area contributed by atoms with Crippen LogP contribution >= 0.6 is 0 Å². The van der Waals surface area contributed by atoms with Gasteiger partial charge in [0.05, 0.1) is 26.9 Å². The lowest BCUT2D eigenvalue weighted by Gasteiger charge is -2.37. The minimum Gasteiger partial charge on any atom is -0.493 e. The Morgan fingerprint density at radius 1 is 0.814 bits per heavy atom. The molecule has 0 amide bonds. The van der Waals surface area contributed by atoms with Gasteiger partial charge in [0.25, 0.3) is 0 Å². The van der Waals surface area contributed by atoms with Gasteiger partial charge in [0.2, 0.25) is 0 Å². The topological polar surface area (TPSA) is 109 Å². The Kier molecular flexibility index (Phi) is 9.08. The van der Waals surface area contributed by atoms with Crippen molar-refractivity contribution in [3.05, 3.63) is 70.1 Å². The number of esters is 2. The zero-order chi connectivity index (χ0) is 30.7. The molecule has 0 unspecified atom stereocenters. The van der Waals surface area contributed by atoms with Crippen molar-refractivity contribution in [1.29, 1.82) is 0 Å². The van der Waals surface area contributed by atoms with Gasteiger partial charge in [-0.05, 0) is 80.3 Å². The molecule has 9 heteroatoms. The summed E-state index contributed by atoms with van der Waals surface area (Å²) in [6, 6.07) is 10.9. The predicted octanol–water partition coefficient (Wildman–Crippen LogP) is 5.88. The van der Waals surface area contributed by atoms with Crippen molar-refractivity contribution in [2.45, 2.75) is 76.7 Å². The number of allylic oxidation sites excluding steroid dienone is 3. The zero-order valence-electron chi connectivity index (χ0n) is 25.4. The monoisotopic (exact) mass is 589 g/mol. The van der Waals surface area contributed by atoms with Crippen LogP contribution in [0.4, 0.5) is 0 Å². The number of Topliss-reactive ketones (excluding diaryl/α,β-unsaturated/α-hetero) is 1. The van der Waals surface area contributed by atoms with Gasteiger partial charge < -0.3 is 29.0 Å².